The van der Waals surface area contributed by atoms with Crippen LogP contribution in [0.4, 0.5) is 9.59 Å². The van der Waals surface area contributed by atoms with Crippen molar-refractivity contribution in [3.63, 3.8) is 0 Å². The third-order valence-corrected chi connectivity index (χ3v) is 6.01. The second-order valence-electron chi connectivity index (χ2n) is 8.99. The summed E-state index contributed by atoms with van der Waals surface area (Å²) in [5.41, 5.74) is 2.17. The fraction of sp³-hybridized carbons (Fsp3) is 0.833. The first kappa shape index (κ1) is 20.7. The van der Waals surface area contributed by atoms with Gasteiger partial charge in [-0.25, -0.2) is 20.1 Å². The standard InChI is InChI=1S/C18H30N4O6/c1-18(2,3)14-11(5-4-8-20(14)17(25)26)10-28-19-15(23)13-7-6-12-9-21(13)16(24)22(12)27/h11-14,27H,4-10H2,1-3H3,(H,19,23)(H,25,26)/t11-,12+,13-,14?/m0/s1. The molecule has 3 aliphatic heterocycles. The smallest absolute Gasteiger partial charge is 0.407 e. The van der Waals surface area contributed by atoms with Crippen molar-refractivity contribution in [3.05, 3.63) is 0 Å². The monoisotopic (exact) mass is 398 g/mol. The molecule has 0 spiro atoms. The van der Waals surface area contributed by atoms with Gasteiger partial charge in [0.25, 0.3) is 5.91 Å². The number of piperidine rings is 2. The Kier molecular flexibility index (Phi) is 5.72. The number of rotatable bonds is 4. The first-order valence-electron chi connectivity index (χ1n) is 9.81. The summed E-state index contributed by atoms with van der Waals surface area (Å²) in [7, 11) is 0. The molecule has 0 radical (unpaired) electrons. The molecule has 3 aliphatic rings. The molecule has 158 valence electrons. The average molecular weight is 398 g/mol. The molecule has 0 aromatic carbocycles. The first-order valence-corrected chi connectivity index (χ1v) is 9.81. The number of carboxylic acid groups (broad SMARTS) is 1. The van der Waals surface area contributed by atoms with Crippen molar-refractivity contribution in [3.8, 4) is 0 Å². The van der Waals surface area contributed by atoms with Crippen molar-refractivity contribution in [2.45, 2.75) is 64.6 Å². The van der Waals surface area contributed by atoms with E-state index in [2.05, 4.69) is 5.48 Å². The zero-order chi connectivity index (χ0) is 20.6. The van der Waals surface area contributed by atoms with Crippen LogP contribution < -0.4 is 5.48 Å². The van der Waals surface area contributed by atoms with Crippen LogP contribution in [0.5, 0.6) is 0 Å². The van der Waals surface area contributed by atoms with Gasteiger partial charge in [-0.3, -0.25) is 14.8 Å². The van der Waals surface area contributed by atoms with Crippen LogP contribution in [0.3, 0.4) is 0 Å². The Balaban J connectivity index is 1.57. The number of urea groups is 1. The number of amides is 4. The Labute approximate surface area is 164 Å². The number of carbonyl (C=O) groups excluding carboxylic acids is 2. The number of nitrogens with zero attached hydrogens (tertiary/aromatic N) is 3. The molecule has 3 saturated heterocycles. The number of hydrogen-bond acceptors (Lipinski definition) is 5. The van der Waals surface area contributed by atoms with E-state index in [-0.39, 0.29) is 30.0 Å². The highest BCUT2D eigenvalue weighted by Gasteiger charge is 2.47. The molecular weight excluding hydrogens is 368 g/mol. The van der Waals surface area contributed by atoms with Crippen LogP contribution >= 0.6 is 0 Å². The quantitative estimate of drug-likeness (QED) is 0.487. The number of carbonyl (C=O) groups is 3. The normalized spacial score (nSPS) is 30.6. The lowest BCUT2D eigenvalue weighted by Crippen LogP contribution is -2.56. The predicted molar refractivity (Wildman–Crippen MR) is 97.3 cm³/mol. The van der Waals surface area contributed by atoms with Crippen LogP contribution in [-0.4, -0.2) is 81.0 Å². The topological polar surface area (TPSA) is 123 Å². The Morgan fingerprint density at radius 3 is 2.61 bits per heavy atom. The minimum absolute atomic E-state index is 0.0396. The van der Waals surface area contributed by atoms with Gasteiger partial charge in [-0.15, -0.1) is 0 Å². The summed E-state index contributed by atoms with van der Waals surface area (Å²) >= 11 is 0. The summed E-state index contributed by atoms with van der Waals surface area (Å²) in [6.07, 6.45) is 1.64. The van der Waals surface area contributed by atoms with E-state index in [9.17, 15) is 24.7 Å². The van der Waals surface area contributed by atoms with Crippen LogP contribution in [0.2, 0.25) is 0 Å². The van der Waals surface area contributed by atoms with Crippen molar-refractivity contribution < 1.29 is 29.5 Å². The molecule has 2 bridgehead atoms. The summed E-state index contributed by atoms with van der Waals surface area (Å²) in [5.74, 6) is -0.456. The van der Waals surface area contributed by atoms with Crippen molar-refractivity contribution in [2.75, 3.05) is 19.7 Å². The number of nitrogens with one attached hydrogen (secondary N) is 1. The Morgan fingerprint density at radius 2 is 1.96 bits per heavy atom. The first-order chi connectivity index (χ1) is 13.1. The van der Waals surface area contributed by atoms with Gasteiger partial charge in [-0.2, -0.15) is 0 Å². The van der Waals surface area contributed by atoms with Crippen molar-refractivity contribution in [2.24, 2.45) is 11.3 Å². The van der Waals surface area contributed by atoms with Crippen LogP contribution in [0, 0.1) is 11.3 Å². The average Bonchev–Trinajstić information content (AvgIpc) is 2.85. The van der Waals surface area contributed by atoms with E-state index in [0.717, 1.165) is 12.8 Å². The molecule has 0 aliphatic carbocycles. The summed E-state index contributed by atoms with van der Waals surface area (Å²) in [6, 6.07) is -1.69. The largest absolute Gasteiger partial charge is 0.465 e. The van der Waals surface area contributed by atoms with Gasteiger partial charge in [-0.1, -0.05) is 20.8 Å². The maximum atomic E-state index is 12.5. The van der Waals surface area contributed by atoms with Crippen LogP contribution in [0.1, 0.15) is 46.5 Å². The fourth-order valence-corrected chi connectivity index (χ4v) is 4.85. The lowest BCUT2D eigenvalue weighted by Gasteiger charge is -2.46. The van der Waals surface area contributed by atoms with Crippen LogP contribution in [0.25, 0.3) is 0 Å². The zero-order valence-corrected chi connectivity index (χ0v) is 16.6. The van der Waals surface area contributed by atoms with Gasteiger partial charge in [0.15, 0.2) is 0 Å². The molecule has 0 saturated carbocycles. The maximum absolute atomic E-state index is 12.5. The minimum Gasteiger partial charge on any atom is -0.465 e. The second kappa shape index (κ2) is 7.75. The van der Waals surface area contributed by atoms with Gasteiger partial charge in [0.1, 0.15) is 6.04 Å². The SMILES string of the molecule is CC(C)(C)C1[C@H](CONC(=O)[C@@H]2CC[C@@H]3CN2C(=O)N3O)CCCN1C(=O)O. The number of hydrogen-bond donors (Lipinski definition) is 3. The zero-order valence-electron chi connectivity index (χ0n) is 16.6. The minimum atomic E-state index is -0.938. The maximum Gasteiger partial charge on any atom is 0.407 e. The fourth-order valence-electron chi connectivity index (χ4n) is 4.85. The van der Waals surface area contributed by atoms with E-state index >= 15 is 0 Å². The summed E-state index contributed by atoms with van der Waals surface area (Å²) in [5, 5.41) is 19.9. The number of fused-ring (bicyclic) bond motifs is 2. The highest BCUT2D eigenvalue weighted by atomic mass is 16.7. The number of likely N-dealkylation sites (tertiary alicyclic amines) is 1. The Bertz CT molecular complexity index is 636. The van der Waals surface area contributed by atoms with E-state index in [1.807, 2.05) is 20.8 Å². The van der Waals surface area contributed by atoms with E-state index < -0.39 is 24.1 Å². The molecule has 3 fully saturated rings. The van der Waals surface area contributed by atoms with Crippen molar-refractivity contribution in [1.82, 2.24) is 20.3 Å². The highest BCUT2D eigenvalue weighted by molar-refractivity contribution is 5.87. The molecule has 0 aromatic rings. The molecule has 0 aromatic heterocycles. The summed E-state index contributed by atoms with van der Waals surface area (Å²) in [6.45, 7) is 7.04. The van der Waals surface area contributed by atoms with E-state index in [0.29, 0.717) is 31.0 Å². The van der Waals surface area contributed by atoms with E-state index in [1.54, 1.807) is 0 Å². The molecule has 1 unspecified atom stereocenters. The molecule has 4 atom stereocenters. The van der Waals surface area contributed by atoms with Gasteiger partial charge in [-0.05, 0) is 31.1 Å². The summed E-state index contributed by atoms with van der Waals surface area (Å²) in [4.78, 5) is 44.4. The van der Waals surface area contributed by atoms with Gasteiger partial charge < -0.3 is 14.9 Å². The van der Waals surface area contributed by atoms with Crippen LogP contribution in [-0.2, 0) is 9.63 Å². The highest BCUT2D eigenvalue weighted by Crippen LogP contribution is 2.36. The lowest BCUT2D eigenvalue weighted by molar-refractivity contribution is -0.141. The lowest BCUT2D eigenvalue weighted by atomic mass is 9.74. The van der Waals surface area contributed by atoms with Crippen molar-refractivity contribution in [1.29, 1.82) is 0 Å². The molecular formula is C18H30N4O6. The molecule has 28 heavy (non-hydrogen) atoms. The van der Waals surface area contributed by atoms with E-state index in [4.69, 9.17) is 4.84 Å². The Hall–Kier alpha value is -2.07. The predicted octanol–water partition coefficient (Wildman–Crippen LogP) is 1.50. The molecule has 3 heterocycles. The third kappa shape index (κ3) is 3.88. The van der Waals surface area contributed by atoms with Gasteiger partial charge in [0.2, 0.25) is 0 Å². The second-order valence-corrected chi connectivity index (χ2v) is 8.99. The molecule has 3 N–H and O–H groups in total. The molecule has 10 heteroatoms. The van der Waals surface area contributed by atoms with Crippen LogP contribution in [0.15, 0.2) is 0 Å². The van der Waals surface area contributed by atoms with Crippen molar-refractivity contribution >= 4 is 18.0 Å². The third-order valence-electron chi connectivity index (χ3n) is 6.01. The molecule has 3 rings (SSSR count). The molecule has 10 nitrogen and oxygen atoms in total. The van der Waals surface area contributed by atoms with E-state index in [1.165, 1.54) is 9.80 Å². The summed E-state index contributed by atoms with van der Waals surface area (Å²) < 4.78 is 0. The van der Waals surface area contributed by atoms with Gasteiger partial charge >= 0.3 is 12.1 Å². The van der Waals surface area contributed by atoms with Gasteiger partial charge in [0, 0.05) is 25.0 Å². The molecule has 4 amide bonds. The van der Waals surface area contributed by atoms with Gasteiger partial charge in [0.05, 0.1) is 12.6 Å². The Morgan fingerprint density at radius 1 is 1.25 bits per heavy atom. The number of hydroxylamine groups is 3.